The van der Waals surface area contributed by atoms with Crippen molar-refractivity contribution >= 4 is 0 Å². The van der Waals surface area contributed by atoms with Gasteiger partial charge in [0.25, 0.3) is 0 Å². The Morgan fingerprint density at radius 2 is 1.62 bits per heavy atom. The highest BCUT2D eigenvalue weighted by molar-refractivity contribution is 5.28. The van der Waals surface area contributed by atoms with Gasteiger partial charge in [-0.05, 0) is 37.3 Å². The highest BCUT2D eigenvalue weighted by atomic mass is 16.3. The van der Waals surface area contributed by atoms with Crippen molar-refractivity contribution in [2.24, 2.45) is 5.73 Å². The number of aliphatic hydroxyl groups is 1. The molecule has 2 nitrogen and oxygen atoms in total. The van der Waals surface area contributed by atoms with E-state index in [0.29, 0.717) is 5.92 Å². The van der Waals surface area contributed by atoms with Crippen molar-refractivity contribution in [1.29, 1.82) is 0 Å². The topological polar surface area (TPSA) is 46.2 Å². The molecule has 2 atom stereocenters. The van der Waals surface area contributed by atoms with E-state index in [1.807, 2.05) is 12.1 Å². The van der Waals surface area contributed by atoms with E-state index in [1.165, 1.54) is 5.56 Å². The van der Waals surface area contributed by atoms with Crippen molar-refractivity contribution in [2.75, 3.05) is 0 Å². The SMILES string of the molecule is CCC(C)c1ccc(C(N)C(C)(C)O)cc1. The van der Waals surface area contributed by atoms with Crippen LogP contribution >= 0.6 is 0 Å². The maximum absolute atomic E-state index is 9.84. The van der Waals surface area contributed by atoms with Gasteiger partial charge in [0.15, 0.2) is 0 Å². The predicted octanol–water partition coefficient (Wildman–Crippen LogP) is 2.97. The van der Waals surface area contributed by atoms with Crippen LogP contribution in [0.3, 0.4) is 0 Å². The van der Waals surface area contributed by atoms with Crippen molar-refractivity contribution in [3.05, 3.63) is 35.4 Å². The number of benzene rings is 1. The molecule has 0 aromatic heterocycles. The normalized spacial score (nSPS) is 15.9. The zero-order chi connectivity index (χ0) is 12.3. The van der Waals surface area contributed by atoms with Gasteiger partial charge >= 0.3 is 0 Å². The molecule has 90 valence electrons. The molecule has 0 aliphatic carbocycles. The fraction of sp³-hybridized carbons (Fsp3) is 0.571. The summed E-state index contributed by atoms with van der Waals surface area (Å²) in [6, 6.07) is 7.91. The highest BCUT2D eigenvalue weighted by Gasteiger charge is 2.24. The van der Waals surface area contributed by atoms with Gasteiger partial charge in [-0.2, -0.15) is 0 Å². The van der Waals surface area contributed by atoms with Crippen LogP contribution in [0.15, 0.2) is 24.3 Å². The van der Waals surface area contributed by atoms with Crippen LogP contribution in [0, 0.1) is 0 Å². The largest absolute Gasteiger partial charge is 0.388 e. The van der Waals surface area contributed by atoms with Crippen LogP contribution in [0.5, 0.6) is 0 Å². The minimum absolute atomic E-state index is 0.335. The number of hydrogen-bond acceptors (Lipinski definition) is 2. The molecule has 1 rings (SSSR count). The first kappa shape index (κ1) is 13.2. The number of nitrogens with two attached hydrogens (primary N) is 1. The Morgan fingerprint density at radius 3 is 2.00 bits per heavy atom. The fourth-order valence-corrected chi connectivity index (χ4v) is 1.68. The van der Waals surface area contributed by atoms with Crippen molar-refractivity contribution < 1.29 is 5.11 Å². The molecular formula is C14H23NO. The van der Waals surface area contributed by atoms with Gasteiger partial charge in [0.2, 0.25) is 0 Å². The molecule has 3 N–H and O–H groups in total. The van der Waals surface area contributed by atoms with Gasteiger partial charge in [0.1, 0.15) is 0 Å². The Labute approximate surface area is 98.5 Å². The van der Waals surface area contributed by atoms with Gasteiger partial charge < -0.3 is 10.8 Å². The summed E-state index contributed by atoms with van der Waals surface area (Å²) in [5.41, 5.74) is 7.42. The maximum Gasteiger partial charge on any atom is 0.0783 e. The summed E-state index contributed by atoms with van der Waals surface area (Å²) in [7, 11) is 0. The Balaban J connectivity index is 2.87. The molecule has 0 heterocycles. The van der Waals surface area contributed by atoms with Gasteiger partial charge in [-0.1, -0.05) is 38.1 Å². The Bertz CT molecular complexity index is 324. The minimum Gasteiger partial charge on any atom is -0.388 e. The fourth-order valence-electron chi connectivity index (χ4n) is 1.68. The summed E-state index contributed by atoms with van der Waals surface area (Å²) < 4.78 is 0. The van der Waals surface area contributed by atoms with Gasteiger partial charge in [0.05, 0.1) is 11.6 Å². The van der Waals surface area contributed by atoms with Gasteiger partial charge in [-0.3, -0.25) is 0 Å². The zero-order valence-corrected chi connectivity index (χ0v) is 10.7. The Hall–Kier alpha value is -0.860. The number of hydrogen-bond donors (Lipinski definition) is 2. The van der Waals surface area contributed by atoms with Gasteiger partial charge in [-0.25, -0.2) is 0 Å². The lowest BCUT2D eigenvalue weighted by atomic mass is 9.90. The first-order valence-electron chi connectivity index (χ1n) is 5.94. The molecule has 0 amide bonds. The van der Waals surface area contributed by atoms with Crippen molar-refractivity contribution in [3.63, 3.8) is 0 Å². The zero-order valence-electron chi connectivity index (χ0n) is 10.7. The molecule has 0 fully saturated rings. The predicted molar refractivity (Wildman–Crippen MR) is 68.4 cm³/mol. The third-order valence-electron chi connectivity index (χ3n) is 3.24. The number of rotatable bonds is 4. The van der Waals surface area contributed by atoms with E-state index in [-0.39, 0.29) is 6.04 Å². The van der Waals surface area contributed by atoms with E-state index >= 15 is 0 Å². The molecule has 1 aromatic carbocycles. The first-order valence-corrected chi connectivity index (χ1v) is 5.94. The second-order valence-electron chi connectivity index (χ2n) is 5.11. The maximum atomic E-state index is 9.84. The smallest absolute Gasteiger partial charge is 0.0783 e. The summed E-state index contributed by atoms with van der Waals surface area (Å²) in [6.45, 7) is 7.87. The molecule has 0 saturated carbocycles. The molecule has 2 heteroatoms. The van der Waals surface area contributed by atoms with Crippen LogP contribution in [-0.2, 0) is 0 Å². The lowest BCUT2D eigenvalue weighted by molar-refractivity contribution is 0.0517. The average molecular weight is 221 g/mol. The summed E-state index contributed by atoms with van der Waals surface area (Å²) >= 11 is 0. The van der Waals surface area contributed by atoms with E-state index in [2.05, 4.69) is 26.0 Å². The van der Waals surface area contributed by atoms with Crippen LogP contribution in [0.2, 0.25) is 0 Å². The van der Waals surface area contributed by atoms with Crippen molar-refractivity contribution in [2.45, 2.75) is 51.7 Å². The summed E-state index contributed by atoms with van der Waals surface area (Å²) in [6.07, 6.45) is 1.14. The second kappa shape index (κ2) is 4.98. The van der Waals surface area contributed by atoms with E-state index in [9.17, 15) is 5.11 Å². The summed E-state index contributed by atoms with van der Waals surface area (Å²) in [5, 5.41) is 9.84. The van der Waals surface area contributed by atoms with Crippen LogP contribution in [0.1, 0.15) is 57.2 Å². The van der Waals surface area contributed by atoms with Crippen molar-refractivity contribution in [3.8, 4) is 0 Å². The van der Waals surface area contributed by atoms with E-state index in [4.69, 9.17) is 5.73 Å². The quantitative estimate of drug-likeness (QED) is 0.821. The van der Waals surface area contributed by atoms with Gasteiger partial charge in [-0.15, -0.1) is 0 Å². The third kappa shape index (κ3) is 3.06. The monoisotopic (exact) mass is 221 g/mol. The van der Waals surface area contributed by atoms with E-state index in [0.717, 1.165) is 12.0 Å². The molecule has 16 heavy (non-hydrogen) atoms. The summed E-state index contributed by atoms with van der Waals surface area (Å²) in [5.74, 6) is 0.576. The minimum atomic E-state index is -0.877. The first-order chi connectivity index (χ1) is 7.36. The van der Waals surface area contributed by atoms with Crippen molar-refractivity contribution in [1.82, 2.24) is 0 Å². The second-order valence-corrected chi connectivity index (χ2v) is 5.11. The van der Waals surface area contributed by atoms with Crippen LogP contribution < -0.4 is 5.73 Å². The molecule has 0 spiro atoms. The lowest BCUT2D eigenvalue weighted by Crippen LogP contribution is -2.35. The molecular weight excluding hydrogens is 198 g/mol. The molecule has 0 radical (unpaired) electrons. The Kier molecular flexibility index (Phi) is 4.11. The highest BCUT2D eigenvalue weighted by Crippen LogP contribution is 2.25. The standard InChI is InChI=1S/C14H23NO/c1-5-10(2)11-6-8-12(9-7-11)13(15)14(3,4)16/h6-10,13,16H,5,15H2,1-4H3. The van der Waals surface area contributed by atoms with Gasteiger partial charge in [0, 0.05) is 0 Å². The molecule has 0 aliphatic heterocycles. The summed E-state index contributed by atoms with van der Waals surface area (Å²) in [4.78, 5) is 0. The van der Waals surface area contributed by atoms with Crippen LogP contribution in [0.4, 0.5) is 0 Å². The molecule has 0 bridgehead atoms. The molecule has 1 aromatic rings. The van der Waals surface area contributed by atoms with E-state index in [1.54, 1.807) is 13.8 Å². The lowest BCUT2D eigenvalue weighted by Gasteiger charge is -2.26. The average Bonchev–Trinajstić information content (AvgIpc) is 2.26. The third-order valence-corrected chi connectivity index (χ3v) is 3.24. The molecule has 0 aliphatic rings. The molecule has 0 saturated heterocycles. The Morgan fingerprint density at radius 1 is 1.19 bits per heavy atom. The van der Waals surface area contributed by atoms with Crippen LogP contribution in [-0.4, -0.2) is 10.7 Å². The van der Waals surface area contributed by atoms with Crippen LogP contribution in [0.25, 0.3) is 0 Å². The van der Waals surface area contributed by atoms with E-state index < -0.39 is 5.60 Å². The molecule has 2 unspecified atom stereocenters.